The van der Waals surface area contributed by atoms with E-state index in [2.05, 4.69) is 20.0 Å². The first-order valence-corrected chi connectivity index (χ1v) is 5.55. The van der Waals surface area contributed by atoms with Gasteiger partial charge in [-0.1, -0.05) is 0 Å². The van der Waals surface area contributed by atoms with Crippen LogP contribution in [0.4, 0.5) is 13.6 Å². The van der Waals surface area contributed by atoms with E-state index in [1.54, 1.807) is 26.0 Å². The summed E-state index contributed by atoms with van der Waals surface area (Å²) >= 11 is 0. The number of rotatable bonds is 5. The van der Waals surface area contributed by atoms with Crippen LogP contribution in [-0.2, 0) is 4.74 Å². The molecule has 1 aromatic carbocycles. The SMILES string of the molecule is CCOC(=O)N/N=C(/C)c1ccc(OC(F)F)cc1. The van der Waals surface area contributed by atoms with Crippen LogP contribution in [0.1, 0.15) is 19.4 Å². The number of nitrogens with zero attached hydrogens (tertiary/aromatic N) is 1. The quantitative estimate of drug-likeness (QED) is 0.662. The van der Waals surface area contributed by atoms with Gasteiger partial charge in [0.2, 0.25) is 0 Å². The Bertz CT molecular complexity index is 447. The van der Waals surface area contributed by atoms with Crippen molar-refractivity contribution in [1.29, 1.82) is 0 Å². The number of amides is 1. The number of halogens is 2. The van der Waals surface area contributed by atoms with Gasteiger partial charge in [-0.25, -0.2) is 10.2 Å². The van der Waals surface area contributed by atoms with E-state index in [0.717, 1.165) is 0 Å². The van der Waals surface area contributed by atoms with Gasteiger partial charge in [-0.05, 0) is 43.7 Å². The first kappa shape index (κ1) is 14.9. The molecule has 104 valence electrons. The third-order valence-corrected chi connectivity index (χ3v) is 2.09. The maximum Gasteiger partial charge on any atom is 0.427 e. The predicted molar refractivity (Wildman–Crippen MR) is 65.4 cm³/mol. The third-order valence-electron chi connectivity index (χ3n) is 2.09. The topological polar surface area (TPSA) is 59.9 Å². The molecule has 0 saturated heterocycles. The Labute approximate surface area is 109 Å². The van der Waals surface area contributed by atoms with Crippen molar-refractivity contribution in [2.24, 2.45) is 5.10 Å². The van der Waals surface area contributed by atoms with Crippen LogP contribution in [0.25, 0.3) is 0 Å². The molecule has 1 rings (SSSR count). The van der Waals surface area contributed by atoms with Gasteiger partial charge in [0, 0.05) is 0 Å². The number of nitrogens with one attached hydrogen (secondary N) is 1. The van der Waals surface area contributed by atoms with Crippen molar-refractivity contribution >= 4 is 11.8 Å². The highest BCUT2D eigenvalue weighted by Gasteiger charge is 2.05. The molecule has 19 heavy (non-hydrogen) atoms. The van der Waals surface area contributed by atoms with E-state index in [9.17, 15) is 13.6 Å². The summed E-state index contributed by atoms with van der Waals surface area (Å²) in [6, 6.07) is 5.91. The Morgan fingerprint density at radius 3 is 2.53 bits per heavy atom. The number of alkyl halides is 2. The minimum atomic E-state index is -2.86. The molecule has 0 spiro atoms. The van der Waals surface area contributed by atoms with Gasteiger partial charge in [0.25, 0.3) is 0 Å². The number of carbonyl (C=O) groups is 1. The molecule has 0 aliphatic rings. The molecule has 0 heterocycles. The number of hydrazone groups is 1. The molecule has 0 aromatic heterocycles. The fourth-order valence-corrected chi connectivity index (χ4v) is 1.23. The fourth-order valence-electron chi connectivity index (χ4n) is 1.23. The van der Waals surface area contributed by atoms with E-state index in [1.165, 1.54) is 12.1 Å². The van der Waals surface area contributed by atoms with Gasteiger partial charge in [-0.2, -0.15) is 13.9 Å². The van der Waals surface area contributed by atoms with Crippen molar-refractivity contribution in [1.82, 2.24) is 5.43 Å². The van der Waals surface area contributed by atoms with Crippen molar-refractivity contribution in [3.63, 3.8) is 0 Å². The number of hydrogen-bond donors (Lipinski definition) is 1. The number of hydrogen-bond acceptors (Lipinski definition) is 4. The third kappa shape index (κ3) is 5.33. The second kappa shape index (κ2) is 7.30. The molecule has 1 aromatic rings. The normalized spacial score (nSPS) is 11.3. The largest absolute Gasteiger partial charge is 0.449 e. The molecule has 0 fully saturated rings. The van der Waals surface area contributed by atoms with E-state index in [-0.39, 0.29) is 12.4 Å². The van der Waals surface area contributed by atoms with Crippen LogP contribution in [0, 0.1) is 0 Å². The smallest absolute Gasteiger partial charge is 0.427 e. The average Bonchev–Trinajstić information content (AvgIpc) is 2.36. The van der Waals surface area contributed by atoms with E-state index in [1.807, 2.05) is 0 Å². The molecule has 5 nitrogen and oxygen atoms in total. The summed E-state index contributed by atoms with van der Waals surface area (Å²) in [5.41, 5.74) is 3.38. The molecular weight excluding hydrogens is 258 g/mol. The average molecular weight is 272 g/mol. The summed E-state index contributed by atoms with van der Waals surface area (Å²) in [5.74, 6) is 0.0601. The molecule has 1 N–H and O–H groups in total. The Morgan fingerprint density at radius 2 is 2.00 bits per heavy atom. The lowest BCUT2D eigenvalue weighted by atomic mass is 10.1. The van der Waals surface area contributed by atoms with Gasteiger partial charge in [0.05, 0.1) is 12.3 Å². The van der Waals surface area contributed by atoms with E-state index in [0.29, 0.717) is 11.3 Å². The second-order valence-electron chi connectivity index (χ2n) is 3.43. The zero-order valence-electron chi connectivity index (χ0n) is 10.5. The van der Waals surface area contributed by atoms with Crippen LogP contribution in [0.3, 0.4) is 0 Å². The van der Waals surface area contributed by atoms with Crippen LogP contribution in [0.15, 0.2) is 29.4 Å². The van der Waals surface area contributed by atoms with Crippen LogP contribution in [0.2, 0.25) is 0 Å². The fraction of sp³-hybridized carbons (Fsp3) is 0.333. The summed E-state index contributed by atoms with van der Waals surface area (Å²) in [4.78, 5) is 11.0. The van der Waals surface area contributed by atoms with Crippen molar-refractivity contribution in [3.05, 3.63) is 29.8 Å². The van der Waals surface area contributed by atoms with E-state index >= 15 is 0 Å². The molecule has 7 heteroatoms. The Hall–Kier alpha value is -2.18. The lowest BCUT2D eigenvalue weighted by Crippen LogP contribution is -2.20. The summed E-state index contributed by atoms with van der Waals surface area (Å²) in [7, 11) is 0. The van der Waals surface area contributed by atoms with E-state index < -0.39 is 12.7 Å². The van der Waals surface area contributed by atoms with Crippen molar-refractivity contribution in [2.75, 3.05) is 6.61 Å². The van der Waals surface area contributed by atoms with Gasteiger partial charge in [0.1, 0.15) is 5.75 Å². The van der Waals surface area contributed by atoms with Crippen molar-refractivity contribution in [2.45, 2.75) is 20.5 Å². The van der Waals surface area contributed by atoms with Gasteiger partial charge >= 0.3 is 12.7 Å². The summed E-state index contributed by atoms with van der Waals surface area (Å²) in [6.07, 6.45) is -0.653. The zero-order chi connectivity index (χ0) is 14.3. The van der Waals surface area contributed by atoms with Crippen molar-refractivity contribution in [3.8, 4) is 5.75 Å². The maximum absolute atomic E-state index is 12.0. The number of carbonyl (C=O) groups excluding carboxylic acids is 1. The first-order valence-electron chi connectivity index (χ1n) is 5.55. The number of benzene rings is 1. The van der Waals surface area contributed by atoms with Gasteiger partial charge in [-0.3, -0.25) is 0 Å². The maximum atomic E-state index is 12.0. The summed E-state index contributed by atoms with van der Waals surface area (Å²) in [6.45, 7) is 0.735. The molecule has 0 unspecified atom stereocenters. The van der Waals surface area contributed by atoms with Crippen molar-refractivity contribution < 1.29 is 23.0 Å². The Balaban J connectivity index is 2.64. The highest BCUT2D eigenvalue weighted by Crippen LogP contribution is 2.15. The summed E-state index contributed by atoms with van der Waals surface area (Å²) < 4.78 is 32.8. The molecule has 1 amide bonds. The summed E-state index contributed by atoms with van der Waals surface area (Å²) in [5, 5.41) is 3.81. The monoisotopic (exact) mass is 272 g/mol. The minimum absolute atomic E-state index is 0.0601. The van der Waals surface area contributed by atoms with Gasteiger partial charge < -0.3 is 9.47 Å². The molecular formula is C12H14F2N2O3. The van der Waals surface area contributed by atoms with Crippen LogP contribution >= 0.6 is 0 Å². The molecule has 0 atom stereocenters. The number of ether oxygens (including phenoxy) is 2. The lowest BCUT2D eigenvalue weighted by molar-refractivity contribution is -0.0498. The molecule has 0 saturated carbocycles. The molecule has 0 radical (unpaired) electrons. The molecule has 0 bridgehead atoms. The zero-order valence-corrected chi connectivity index (χ0v) is 10.5. The van der Waals surface area contributed by atoms with Crippen LogP contribution in [0.5, 0.6) is 5.75 Å². The van der Waals surface area contributed by atoms with E-state index in [4.69, 9.17) is 0 Å². The lowest BCUT2D eigenvalue weighted by Gasteiger charge is -2.06. The molecule has 0 aliphatic carbocycles. The van der Waals surface area contributed by atoms with Crippen LogP contribution < -0.4 is 10.2 Å². The highest BCUT2D eigenvalue weighted by molar-refractivity contribution is 5.99. The minimum Gasteiger partial charge on any atom is -0.449 e. The predicted octanol–water partition coefficient (Wildman–Crippen LogP) is 2.76. The van der Waals surface area contributed by atoms with Gasteiger partial charge in [0.15, 0.2) is 0 Å². The Morgan fingerprint density at radius 1 is 1.37 bits per heavy atom. The Kier molecular flexibility index (Phi) is 5.72. The first-order chi connectivity index (χ1) is 9.02. The standard InChI is InChI=1S/C12H14F2N2O3/c1-3-18-12(17)16-15-8(2)9-4-6-10(7-5-9)19-11(13)14/h4-7,11H,3H2,1-2H3,(H,16,17)/b15-8-. The second-order valence-corrected chi connectivity index (χ2v) is 3.43. The molecule has 0 aliphatic heterocycles. The highest BCUT2D eigenvalue weighted by atomic mass is 19.3. The van der Waals surface area contributed by atoms with Gasteiger partial charge in [-0.15, -0.1) is 0 Å². The van der Waals surface area contributed by atoms with Crippen LogP contribution in [-0.4, -0.2) is 25.0 Å².